The number of carbonyl (C=O) groups is 2. The van der Waals surface area contributed by atoms with Crippen LogP contribution in [0, 0.1) is 11.6 Å². The van der Waals surface area contributed by atoms with Crippen LogP contribution in [0.5, 0.6) is 0 Å². The fraction of sp³-hybridized carbons (Fsp3) is 0.296. The number of primary amides is 1. The highest BCUT2D eigenvalue weighted by atomic mass is 35.5. The quantitative estimate of drug-likeness (QED) is 0.287. The van der Waals surface area contributed by atoms with Gasteiger partial charge in [0.2, 0.25) is 11.8 Å². The Morgan fingerprint density at radius 1 is 1.05 bits per heavy atom. The Labute approximate surface area is 224 Å². The van der Waals surface area contributed by atoms with E-state index in [-0.39, 0.29) is 30.8 Å². The van der Waals surface area contributed by atoms with Crippen molar-refractivity contribution in [2.75, 3.05) is 34.5 Å². The number of piperidine rings is 1. The normalized spacial score (nSPS) is 13.7. The van der Waals surface area contributed by atoms with E-state index in [1.54, 1.807) is 12.3 Å². The molecule has 1 aliphatic heterocycles. The number of pyridine rings is 1. The minimum atomic E-state index is -0.665. The molecule has 2 aromatic carbocycles. The van der Waals surface area contributed by atoms with Crippen molar-refractivity contribution in [1.29, 1.82) is 0 Å². The molecule has 0 radical (unpaired) electrons. The molecule has 4 rings (SSSR count). The molecule has 11 heteroatoms. The predicted molar refractivity (Wildman–Crippen MR) is 145 cm³/mol. The first kappa shape index (κ1) is 27.1. The van der Waals surface area contributed by atoms with E-state index < -0.39 is 17.5 Å². The summed E-state index contributed by atoms with van der Waals surface area (Å²) in [6, 6.07) is 13.1. The summed E-state index contributed by atoms with van der Waals surface area (Å²) in [5.74, 6) is -1.49. The van der Waals surface area contributed by atoms with Crippen LogP contribution in [0.1, 0.15) is 24.0 Å². The van der Waals surface area contributed by atoms with E-state index in [0.717, 1.165) is 43.4 Å². The lowest BCUT2D eigenvalue weighted by atomic mass is 10.0. The third kappa shape index (κ3) is 7.55. The summed E-state index contributed by atoms with van der Waals surface area (Å²) in [7, 11) is 0. The number of hydrogen-bond donors (Lipinski definition) is 4. The zero-order valence-corrected chi connectivity index (χ0v) is 21.4. The van der Waals surface area contributed by atoms with Crippen LogP contribution >= 0.6 is 11.6 Å². The summed E-state index contributed by atoms with van der Waals surface area (Å²) in [5.41, 5.74) is 8.83. The van der Waals surface area contributed by atoms with E-state index in [9.17, 15) is 18.4 Å². The highest BCUT2D eigenvalue weighted by molar-refractivity contribution is 6.27. The second kappa shape index (κ2) is 12.6. The molecule has 2 heterocycles. The lowest BCUT2D eigenvalue weighted by molar-refractivity contribution is -0.119. The Morgan fingerprint density at radius 2 is 1.74 bits per heavy atom. The number of nitrogens with two attached hydrogens (primary N) is 1. The van der Waals surface area contributed by atoms with E-state index in [4.69, 9.17) is 17.3 Å². The summed E-state index contributed by atoms with van der Waals surface area (Å²) >= 11 is 5.58. The first-order chi connectivity index (χ1) is 18.3. The van der Waals surface area contributed by atoms with Gasteiger partial charge in [-0.3, -0.25) is 9.59 Å². The SMILES string of the molecule is NC(=O)Cc1cnc(Nc2ccc(N3CCC(NC(=O)CCl)CC3)cc2)cc1NCc1cc(F)cc(F)c1. The molecule has 3 aromatic rings. The van der Waals surface area contributed by atoms with Crippen LogP contribution in [0.15, 0.2) is 54.7 Å². The van der Waals surface area contributed by atoms with Gasteiger partial charge in [0.1, 0.15) is 23.3 Å². The van der Waals surface area contributed by atoms with Crippen LogP contribution in [0.25, 0.3) is 0 Å². The minimum absolute atomic E-state index is 0.0258. The number of rotatable bonds is 10. The second-order valence-corrected chi connectivity index (χ2v) is 9.40. The van der Waals surface area contributed by atoms with E-state index in [1.165, 1.54) is 12.1 Å². The third-order valence-electron chi connectivity index (χ3n) is 6.24. The van der Waals surface area contributed by atoms with Crippen LogP contribution in [-0.2, 0) is 22.6 Å². The molecule has 0 aliphatic carbocycles. The number of nitrogens with one attached hydrogen (secondary N) is 3. The van der Waals surface area contributed by atoms with Gasteiger partial charge in [0.25, 0.3) is 0 Å². The number of anilines is 4. The number of alkyl halides is 1. The van der Waals surface area contributed by atoms with Gasteiger partial charge in [-0.15, -0.1) is 11.6 Å². The molecule has 0 atom stereocenters. The van der Waals surface area contributed by atoms with Gasteiger partial charge in [-0.1, -0.05) is 0 Å². The molecule has 0 spiro atoms. The van der Waals surface area contributed by atoms with Crippen molar-refractivity contribution < 1.29 is 18.4 Å². The summed E-state index contributed by atoms with van der Waals surface area (Å²) in [5, 5.41) is 9.31. The van der Waals surface area contributed by atoms with Crippen molar-refractivity contribution in [3.8, 4) is 0 Å². The van der Waals surface area contributed by atoms with Crippen LogP contribution in [-0.4, -0.2) is 41.8 Å². The monoisotopic (exact) mass is 542 g/mol. The third-order valence-corrected chi connectivity index (χ3v) is 6.49. The highest BCUT2D eigenvalue weighted by Crippen LogP contribution is 2.26. The molecule has 8 nitrogen and oxygen atoms in total. The summed E-state index contributed by atoms with van der Waals surface area (Å²) < 4.78 is 27.1. The lowest BCUT2D eigenvalue weighted by Crippen LogP contribution is -2.45. The predicted octanol–water partition coefficient (Wildman–Crippen LogP) is 4.07. The van der Waals surface area contributed by atoms with E-state index >= 15 is 0 Å². The zero-order valence-electron chi connectivity index (χ0n) is 20.6. The van der Waals surface area contributed by atoms with E-state index in [2.05, 4.69) is 25.8 Å². The van der Waals surface area contributed by atoms with Gasteiger partial charge in [-0.05, 0) is 54.8 Å². The number of carbonyl (C=O) groups excluding carboxylic acids is 2. The maximum Gasteiger partial charge on any atom is 0.235 e. The van der Waals surface area contributed by atoms with Crippen molar-refractivity contribution in [3.05, 3.63) is 77.5 Å². The Bertz CT molecular complexity index is 1260. The molecule has 38 heavy (non-hydrogen) atoms. The summed E-state index contributed by atoms with van der Waals surface area (Å²) in [4.78, 5) is 29.7. The molecule has 200 valence electrons. The number of hydrogen-bond acceptors (Lipinski definition) is 6. The Morgan fingerprint density at radius 3 is 2.37 bits per heavy atom. The Hall–Kier alpha value is -3.92. The average molecular weight is 543 g/mol. The first-order valence-corrected chi connectivity index (χ1v) is 12.8. The molecule has 1 saturated heterocycles. The van der Waals surface area contributed by atoms with E-state index in [1.807, 2.05) is 24.3 Å². The number of nitrogens with zero attached hydrogens (tertiary/aromatic N) is 2. The second-order valence-electron chi connectivity index (χ2n) is 9.14. The van der Waals surface area contributed by atoms with Crippen LogP contribution < -0.4 is 26.6 Å². The average Bonchev–Trinajstić information content (AvgIpc) is 2.89. The number of amides is 2. The highest BCUT2D eigenvalue weighted by Gasteiger charge is 2.20. The molecule has 0 saturated carbocycles. The molecular formula is C27H29ClF2N6O2. The van der Waals surface area contributed by atoms with E-state index in [0.29, 0.717) is 22.6 Å². The van der Waals surface area contributed by atoms with Crippen molar-refractivity contribution in [3.63, 3.8) is 0 Å². The van der Waals surface area contributed by atoms with Crippen molar-refractivity contribution in [2.24, 2.45) is 5.73 Å². The maximum atomic E-state index is 13.6. The molecule has 2 amide bonds. The largest absolute Gasteiger partial charge is 0.381 e. The minimum Gasteiger partial charge on any atom is -0.381 e. The molecule has 0 bridgehead atoms. The van der Waals surface area contributed by atoms with Gasteiger partial charge in [-0.2, -0.15) is 0 Å². The summed E-state index contributed by atoms with van der Waals surface area (Å²) in [6.07, 6.45) is 3.21. The fourth-order valence-corrected chi connectivity index (χ4v) is 4.48. The van der Waals surface area contributed by atoms with Crippen LogP contribution in [0.2, 0.25) is 0 Å². The molecule has 0 unspecified atom stereocenters. The van der Waals surface area contributed by atoms with Gasteiger partial charge in [-0.25, -0.2) is 13.8 Å². The first-order valence-electron chi connectivity index (χ1n) is 12.2. The van der Waals surface area contributed by atoms with Crippen molar-refractivity contribution in [1.82, 2.24) is 10.3 Å². The molecule has 1 aromatic heterocycles. The molecule has 1 fully saturated rings. The molecular weight excluding hydrogens is 514 g/mol. The van der Waals surface area contributed by atoms with Crippen LogP contribution in [0.3, 0.4) is 0 Å². The van der Waals surface area contributed by atoms with Gasteiger partial charge < -0.3 is 26.6 Å². The van der Waals surface area contributed by atoms with Crippen molar-refractivity contribution in [2.45, 2.75) is 31.8 Å². The van der Waals surface area contributed by atoms with Gasteiger partial charge in [0.15, 0.2) is 0 Å². The number of aromatic nitrogens is 1. The number of halogens is 3. The topological polar surface area (TPSA) is 112 Å². The van der Waals surface area contributed by atoms with Crippen LogP contribution in [0.4, 0.5) is 31.7 Å². The Balaban J connectivity index is 1.41. The van der Waals surface area contributed by atoms with Gasteiger partial charge >= 0.3 is 0 Å². The lowest BCUT2D eigenvalue weighted by Gasteiger charge is -2.34. The van der Waals surface area contributed by atoms with Gasteiger partial charge in [0, 0.05) is 66.6 Å². The zero-order chi connectivity index (χ0) is 27.1. The van der Waals surface area contributed by atoms with Gasteiger partial charge in [0.05, 0.1) is 6.42 Å². The standard InChI is InChI=1S/C27H29ClF2N6O2/c28-14-27(38)35-22-5-7-36(8-6-22)23-3-1-21(2-4-23)34-26-13-24(18(16-33-26)11-25(31)37)32-15-17-9-19(29)12-20(30)10-17/h1-4,9-10,12-13,16,22H,5-8,11,14-15H2,(H2,31,37)(H,35,38)(H2,32,33,34). The number of benzene rings is 2. The smallest absolute Gasteiger partial charge is 0.235 e. The van der Waals surface area contributed by atoms with Crippen molar-refractivity contribution >= 4 is 46.3 Å². The summed E-state index contributed by atoms with van der Waals surface area (Å²) in [6.45, 7) is 1.80. The Kier molecular flexibility index (Phi) is 8.96. The maximum absolute atomic E-state index is 13.6. The molecule has 5 N–H and O–H groups in total. The molecule has 1 aliphatic rings. The fourth-order valence-electron chi connectivity index (χ4n) is 4.41.